The van der Waals surface area contributed by atoms with Crippen molar-refractivity contribution in [3.63, 3.8) is 0 Å². The molecule has 0 bridgehead atoms. The van der Waals surface area contributed by atoms with Crippen molar-refractivity contribution < 1.29 is 9.59 Å². The van der Waals surface area contributed by atoms with Gasteiger partial charge in [-0.15, -0.1) is 0 Å². The fourth-order valence-corrected chi connectivity index (χ4v) is 1.99. The Morgan fingerprint density at radius 3 is 2.65 bits per heavy atom. The fraction of sp³-hybridized carbons (Fsp3) is 0.833. The summed E-state index contributed by atoms with van der Waals surface area (Å²) in [5, 5.41) is 8.76. The second kappa shape index (κ2) is 8.06. The first kappa shape index (κ1) is 14.0. The summed E-state index contributed by atoms with van der Waals surface area (Å²) in [6, 6.07) is 0. The summed E-state index contributed by atoms with van der Waals surface area (Å²) in [6.45, 7) is 5.07. The molecule has 98 valence electrons. The highest BCUT2D eigenvalue weighted by molar-refractivity contribution is 5.78. The van der Waals surface area contributed by atoms with Crippen molar-refractivity contribution in [2.45, 2.75) is 32.6 Å². The Hall–Kier alpha value is -1.10. The summed E-state index contributed by atoms with van der Waals surface area (Å²) in [5.41, 5.74) is 0. The summed E-state index contributed by atoms with van der Waals surface area (Å²) >= 11 is 0. The average Bonchev–Trinajstić information content (AvgIpc) is 2.79. The molecule has 5 heteroatoms. The van der Waals surface area contributed by atoms with Crippen LogP contribution in [0.25, 0.3) is 0 Å². The predicted molar refractivity (Wildman–Crippen MR) is 66.5 cm³/mol. The molecule has 17 heavy (non-hydrogen) atoms. The molecule has 0 radical (unpaired) electrons. The van der Waals surface area contributed by atoms with Gasteiger partial charge in [0.05, 0.1) is 0 Å². The first-order valence-electron chi connectivity index (χ1n) is 6.46. The molecule has 5 nitrogen and oxygen atoms in total. The standard InChI is InChI=1S/C12H23N3O2/c1-2-14-12(17)6-8-15-11(16)4-3-10-5-7-13-9-10/h10,13H,2-9H2,1H3,(H,14,17)(H,15,16). The minimum Gasteiger partial charge on any atom is -0.356 e. The van der Waals surface area contributed by atoms with E-state index >= 15 is 0 Å². The second-order valence-electron chi connectivity index (χ2n) is 4.45. The van der Waals surface area contributed by atoms with E-state index in [2.05, 4.69) is 16.0 Å². The molecular formula is C12H23N3O2. The summed E-state index contributed by atoms with van der Waals surface area (Å²) in [6.07, 6.45) is 3.05. The summed E-state index contributed by atoms with van der Waals surface area (Å²) in [7, 11) is 0. The Morgan fingerprint density at radius 2 is 2.00 bits per heavy atom. The number of hydrogen-bond acceptors (Lipinski definition) is 3. The van der Waals surface area contributed by atoms with E-state index in [1.54, 1.807) is 0 Å². The van der Waals surface area contributed by atoms with Gasteiger partial charge in [-0.3, -0.25) is 9.59 Å². The van der Waals surface area contributed by atoms with Crippen LogP contribution in [0.4, 0.5) is 0 Å². The van der Waals surface area contributed by atoms with E-state index in [1.807, 2.05) is 6.92 Å². The SMILES string of the molecule is CCNC(=O)CCNC(=O)CCC1CCNC1. The molecule has 0 aromatic rings. The Bertz CT molecular complexity index is 250. The van der Waals surface area contributed by atoms with Crippen LogP contribution in [0, 0.1) is 5.92 Å². The van der Waals surface area contributed by atoms with Crippen LogP contribution in [-0.2, 0) is 9.59 Å². The molecule has 1 heterocycles. The van der Waals surface area contributed by atoms with Gasteiger partial charge in [0.15, 0.2) is 0 Å². The molecule has 0 spiro atoms. The Labute approximate surface area is 103 Å². The van der Waals surface area contributed by atoms with Gasteiger partial charge in [-0.05, 0) is 38.8 Å². The van der Waals surface area contributed by atoms with Gasteiger partial charge in [-0.1, -0.05) is 0 Å². The molecule has 2 amide bonds. The Morgan fingerprint density at radius 1 is 1.24 bits per heavy atom. The average molecular weight is 241 g/mol. The quantitative estimate of drug-likeness (QED) is 0.588. The van der Waals surface area contributed by atoms with Crippen molar-refractivity contribution in [2.24, 2.45) is 5.92 Å². The van der Waals surface area contributed by atoms with Crippen molar-refractivity contribution >= 4 is 11.8 Å². The highest BCUT2D eigenvalue weighted by atomic mass is 16.2. The van der Waals surface area contributed by atoms with Gasteiger partial charge in [0.1, 0.15) is 0 Å². The smallest absolute Gasteiger partial charge is 0.221 e. The van der Waals surface area contributed by atoms with E-state index in [0.717, 1.165) is 19.5 Å². The largest absolute Gasteiger partial charge is 0.356 e. The zero-order chi connectivity index (χ0) is 12.5. The normalized spacial score (nSPS) is 19.0. The molecule has 0 aromatic heterocycles. The van der Waals surface area contributed by atoms with Crippen molar-refractivity contribution in [3.05, 3.63) is 0 Å². The third kappa shape index (κ3) is 6.26. The zero-order valence-electron chi connectivity index (χ0n) is 10.6. The molecule has 3 N–H and O–H groups in total. The first-order valence-corrected chi connectivity index (χ1v) is 6.46. The molecule has 0 saturated carbocycles. The first-order chi connectivity index (χ1) is 8.22. The van der Waals surface area contributed by atoms with E-state index in [-0.39, 0.29) is 11.8 Å². The number of rotatable bonds is 7. The Kier molecular flexibility index (Phi) is 6.62. The molecule has 1 aliphatic rings. The van der Waals surface area contributed by atoms with E-state index in [1.165, 1.54) is 6.42 Å². The van der Waals surface area contributed by atoms with Crippen LogP contribution in [0.1, 0.15) is 32.6 Å². The van der Waals surface area contributed by atoms with E-state index in [9.17, 15) is 9.59 Å². The third-order valence-corrected chi connectivity index (χ3v) is 2.99. The summed E-state index contributed by atoms with van der Waals surface area (Å²) in [5.74, 6) is 0.693. The van der Waals surface area contributed by atoms with Gasteiger partial charge in [0, 0.05) is 25.9 Å². The lowest BCUT2D eigenvalue weighted by molar-refractivity contribution is -0.122. The van der Waals surface area contributed by atoms with Crippen LogP contribution in [0.2, 0.25) is 0 Å². The molecular weight excluding hydrogens is 218 g/mol. The van der Waals surface area contributed by atoms with Gasteiger partial charge in [-0.2, -0.15) is 0 Å². The molecule has 1 fully saturated rings. The van der Waals surface area contributed by atoms with Crippen LogP contribution in [0.3, 0.4) is 0 Å². The van der Waals surface area contributed by atoms with Crippen LogP contribution in [0.15, 0.2) is 0 Å². The number of nitrogens with one attached hydrogen (secondary N) is 3. The number of carbonyl (C=O) groups is 2. The zero-order valence-corrected chi connectivity index (χ0v) is 10.6. The summed E-state index contributed by atoms with van der Waals surface area (Å²) in [4.78, 5) is 22.6. The second-order valence-corrected chi connectivity index (χ2v) is 4.45. The minimum atomic E-state index is -0.00667. The maximum Gasteiger partial charge on any atom is 0.221 e. The van der Waals surface area contributed by atoms with Gasteiger partial charge < -0.3 is 16.0 Å². The van der Waals surface area contributed by atoms with Crippen LogP contribution >= 0.6 is 0 Å². The van der Waals surface area contributed by atoms with Gasteiger partial charge in [-0.25, -0.2) is 0 Å². The fourth-order valence-electron chi connectivity index (χ4n) is 1.99. The highest BCUT2D eigenvalue weighted by Gasteiger charge is 2.15. The number of carbonyl (C=O) groups excluding carboxylic acids is 2. The van der Waals surface area contributed by atoms with Crippen molar-refractivity contribution in [3.8, 4) is 0 Å². The number of amides is 2. The topological polar surface area (TPSA) is 70.2 Å². The number of hydrogen-bond donors (Lipinski definition) is 3. The molecule has 1 atom stereocenters. The van der Waals surface area contributed by atoms with E-state index < -0.39 is 0 Å². The Balaban J connectivity index is 1.98. The summed E-state index contributed by atoms with van der Waals surface area (Å²) < 4.78 is 0. The predicted octanol–water partition coefficient (Wildman–Crippen LogP) is 0.0185. The highest BCUT2D eigenvalue weighted by Crippen LogP contribution is 2.13. The lowest BCUT2D eigenvalue weighted by Crippen LogP contribution is -2.30. The van der Waals surface area contributed by atoms with Gasteiger partial charge in [0.2, 0.25) is 11.8 Å². The molecule has 1 saturated heterocycles. The monoisotopic (exact) mass is 241 g/mol. The maximum absolute atomic E-state index is 11.5. The lowest BCUT2D eigenvalue weighted by atomic mass is 10.0. The van der Waals surface area contributed by atoms with Crippen molar-refractivity contribution in [2.75, 3.05) is 26.2 Å². The van der Waals surface area contributed by atoms with Crippen LogP contribution in [0.5, 0.6) is 0 Å². The van der Waals surface area contributed by atoms with Crippen molar-refractivity contribution in [1.29, 1.82) is 0 Å². The lowest BCUT2D eigenvalue weighted by Gasteiger charge is -2.08. The van der Waals surface area contributed by atoms with E-state index in [4.69, 9.17) is 0 Å². The van der Waals surface area contributed by atoms with Crippen LogP contribution in [-0.4, -0.2) is 38.0 Å². The van der Waals surface area contributed by atoms with Gasteiger partial charge in [0.25, 0.3) is 0 Å². The van der Waals surface area contributed by atoms with Crippen LogP contribution < -0.4 is 16.0 Å². The molecule has 1 unspecified atom stereocenters. The third-order valence-electron chi connectivity index (χ3n) is 2.99. The maximum atomic E-state index is 11.5. The molecule has 0 aromatic carbocycles. The molecule has 1 aliphatic heterocycles. The molecule has 1 rings (SSSR count). The minimum absolute atomic E-state index is 0.00667. The molecule has 0 aliphatic carbocycles. The van der Waals surface area contributed by atoms with Crippen molar-refractivity contribution in [1.82, 2.24) is 16.0 Å². The van der Waals surface area contributed by atoms with Gasteiger partial charge >= 0.3 is 0 Å². The van der Waals surface area contributed by atoms with E-state index in [0.29, 0.717) is 31.8 Å².